The quantitative estimate of drug-likeness (QED) is 0.840. The monoisotopic (exact) mass is 366 g/mol. The molecule has 0 aliphatic carbocycles. The van der Waals surface area contributed by atoms with Gasteiger partial charge >= 0.3 is 0 Å². The second-order valence-electron chi connectivity index (χ2n) is 7.06. The van der Waals surface area contributed by atoms with Crippen molar-refractivity contribution in [1.29, 1.82) is 0 Å². The summed E-state index contributed by atoms with van der Waals surface area (Å²) in [4.78, 5) is 14.9. The molecule has 0 aromatic heterocycles. The number of rotatable bonds is 6. The van der Waals surface area contributed by atoms with Crippen molar-refractivity contribution in [3.8, 4) is 0 Å². The number of nitrogens with zero attached hydrogens (tertiary/aromatic N) is 1. The number of thioether (sulfide) groups is 1. The van der Waals surface area contributed by atoms with Crippen LogP contribution in [0.3, 0.4) is 0 Å². The predicted octanol–water partition coefficient (Wildman–Crippen LogP) is 2.64. The molecule has 1 N–H and O–H groups in total. The van der Waals surface area contributed by atoms with Gasteiger partial charge in [0.2, 0.25) is 5.91 Å². The minimum atomic E-state index is -0.244. The van der Waals surface area contributed by atoms with E-state index in [4.69, 9.17) is 4.74 Å². The highest BCUT2D eigenvalue weighted by Crippen LogP contribution is 2.33. The molecular formula is C19H27FN2O2S. The fourth-order valence-corrected chi connectivity index (χ4v) is 5.13. The van der Waals surface area contributed by atoms with Crippen LogP contribution in [0.25, 0.3) is 0 Å². The Balaban J connectivity index is 1.53. The smallest absolute Gasteiger partial charge is 0.220 e. The first kappa shape index (κ1) is 18.7. The average Bonchev–Trinajstić information content (AvgIpc) is 3.11. The Morgan fingerprint density at radius 1 is 1.36 bits per heavy atom. The molecule has 0 radical (unpaired) electrons. The third-order valence-electron chi connectivity index (χ3n) is 5.31. The number of hydrogen-bond donors (Lipinski definition) is 1. The summed E-state index contributed by atoms with van der Waals surface area (Å²) in [5.41, 5.74) is 1.07. The van der Waals surface area contributed by atoms with Crippen LogP contribution in [0.1, 0.15) is 31.2 Å². The van der Waals surface area contributed by atoms with E-state index in [1.54, 1.807) is 12.1 Å². The van der Waals surface area contributed by atoms with Crippen LogP contribution in [0, 0.1) is 5.82 Å². The summed E-state index contributed by atoms with van der Waals surface area (Å²) in [7, 11) is 0. The summed E-state index contributed by atoms with van der Waals surface area (Å²) < 4.78 is 18.5. The average molecular weight is 367 g/mol. The van der Waals surface area contributed by atoms with Gasteiger partial charge in [-0.3, -0.25) is 9.69 Å². The first-order valence-electron chi connectivity index (χ1n) is 9.02. The molecular weight excluding hydrogens is 339 g/mol. The summed E-state index contributed by atoms with van der Waals surface area (Å²) in [6.07, 6.45) is 1.55. The molecule has 1 aromatic rings. The zero-order chi connectivity index (χ0) is 17.7. The summed E-state index contributed by atoms with van der Waals surface area (Å²) >= 11 is 1.97. The van der Waals surface area contributed by atoms with Crippen LogP contribution >= 0.6 is 11.8 Å². The molecule has 2 heterocycles. The molecule has 6 heteroatoms. The third kappa shape index (κ3) is 4.74. The minimum absolute atomic E-state index is 0.0707. The predicted molar refractivity (Wildman–Crippen MR) is 99.5 cm³/mol. The van der Waals surface area contributed by atoms with Crippen LogP contribution < -0.4 is 5.32 Å². The van der Waals surface area contributed by atoms with E-state index in [0.29, 0.717) is 13.0 Å². The molecule has 25 heavy (non-hydrogen) atoms. The van der Waals surface area contributed by atoms with Gasteiger partial charge in [0.15, 0.2) is 0 Å². The van der Waals surface area contributed by atoms with E-state index in [2.05, 4.69) is 10.2 Å². The molecule has 4 nitrogen and oxygen atoms in total. The maximum atomic E-state index is 13.0. The SMILES string of the molecule is C[C@@H](CC(=O)NC[C@]1(N2CCOCC2)CCSC1)c1ccc(F)cc1. The topological polar surface area (TPSA) is 41.6 Å². The van der Waals surface area contributed by atoms with Crippen LogP contribution in [0.2, 0.25) is 0 Å². The molecule has 2 atom stereocenters. The maximum Gasteiger partial charge on any atom is 0.220 e. The molecule has 3 rings (SSSR count). The first-order chi connectivity index (χ1) is 12.1. The number of nitrogens with one attached hydrogen (secondary N) is 1. The highest BCUT2D eigenvalue weighted by molar-refractivity contribution is 7.99. The Bertz CT molecular complexity index is 569. The molecule has 1 amide bonds. The number of ether oxygens (including phenoxy) is 1. The van der Waals surface area contributed by atoms with Crippen molar-refractivity contribution in [3.63, 3.8) is 0 Å². The molecule has 0 bridgehead atoms. The van der Waals surface area contributed by atoms with Crippen molar-refractivity contribution < 1.29 is 13.9 Å². The Hall–Kier alpha value is -1.11. The lowest BCUT2D eigenvalue weighted by molar-refractivity contribution is -0.122. The van der Waals surface area contributed by atoms with E-state index in [9.17, 15) is 9.18 Å². The van der Waals surface area contributed by atoms with Gasteiger partial charge in [-0.1, -0.05) is 19.1 Å². The number of carbonyl (C=O) groups excluding carboxylic acids is 1. The fourth-order valence-electron chi connectivity index (χ4n) is 3.66. The van der Waals surface area contributed by atoms with Gasteiger partial charge < -0.3 is 10.1 Å². The van der Waals surface area contributed by atoms with Crippen molar-refractivity contribution >= 4 is 17.7 Å². The van der Waals surface area contributed by atoms with Crippen molar-refractivity contribution in [2.75, 3.05) is 44.4 Å². The molecule has 2 fully saturated rings. The van der Waals surface area contributed by atoms with Crippen LogP contribution in [-0.2, 0) is 9.53 Å². The number of hydrogen-bond acceptors (Lipinski definition) is 4. The van der Waals surface area contributed by atoms with Gasteiger partial charge in [0.1, 0.15) is 5.82 Å². The second kappa shape index (κ2) is 8.52. The van der Waals surface area contributed by atoms with Crippen LogP contribution in [-0.4, -0.2) is 60.7 Å². The number of morpholine rings is 1. The summed E-state index contributed by atoms with van der Waals surface area (Å²) in [5, 5.41) is 3.17. The third-order valence-corrected chi connectivity index (χ3v) is 6.54. The van der Waals surface area contributed by atoms with E-state index in [-0.39, 0.29) is 23.2 Å². The molecule has 0 unspecified atom stereocenters. The van der Waals surface area contributed by atoms with Crippen LogP contribution in [0.15, 0.2) is 24.3 Å². The number of benzene rings is 1. The second-order valence-corrected chi connectivity index (χ2v) is 8.16. The lowest BCUT2D eigenvalue weighted by Crippen LogP contribution is -2.59. The number of halogens is 1. The van der Waals surface area contributed by atoms with Gasteiger partial charge in [0.25, 0.3) is 0 Å². The van der Waals surface area contributed by atoms with E-state index in [1.807, 2.05) is 18.7 Å². The van der Waals surface area contributed by atoms with E-state index in [1.165, 1.54) is 12.1 Å². The zero-order valence-corrected chi connectivity index (χ0v) is 15.6. The van der Waals surface area contributed by atoms with Crippen molar-refractivity contribution in [2.45, 2.75) is 31.2 Å². The van der Waals surface area contributed by atoms with Crippen LogP contribution in [0.5, 0.6) is 0 Å². The van der Waals surface area contributed by atoms with Gasteiger partial charge in [-0.15, -0.1) is 0 Å². The highest BCUT2D eigenvalue weighted by Gasteiger charge is 2.40. The largest absolute Gasteiger partial charge is 0.379 e. The molecule has 2 saturated heterocycles. The standard InChI is InChI=1S/C19H27FN2O2S/c1-15(16-2-4-17(20)5-3-16)12-18(23)21-13-19(6-11-25-14-19)22-7-9-24-10-8-22/h2-5,15H,6-14H2,1H3,(H,21,23)/t15-,19+/m0/s1. The lowest BCUT2D eigenvalue weighted by Gasteiger charge is -2.43. The highest BCUT2D eigenvalue weighted by atomic mass is 32.2. The molecule has 1 aromatic carbocycles. The zero-order valence-electron chi connectivity index (χ0n) is 14.8. The van der Waals surface area contributed by atoms with Gasteiger partial charge in [-0.2, -0.15) is 11.8 Å². The Morgan fingerprint density at radius 3 is 2.72 bits per heavy atom. The van der Waals surface area contributed by atoms with E-state index in [0.717, 1.165) is 49.8 Å². The number of amides is 1. The van der Waals surface area contributed by atoms with Gasteiger partial charge in [0.05, 0.1) is 13.2 Å². The van der Waals surface area contributed by atoms with Crippen molar-refractivity contribution in [1.82, 2.24) is 10.2 Å². The minimum Gasteiger partial charge on any atom is -0.379 e. The molecule has 138 valence electrons. The van der Waals surface area contributed by atoms with E-state index >= 15 is 0 Å². The van der Waals surface area contributed by atoms with Gasteiger partial charge in [-0.25, -0.2) is 4.39 Å². The van der Waals surface area contributed by atoms with Crippen LogP contribution in [0.4, 0.5) is 4.39 Å². The lowest BCUT2D eigenvalue weighted by atomic mass is 9.94. The Labute approximate surface area is 153 Å². The van der Waals surface area contributed by atoms with Crippen molar-refractivity contribution in [2.24, 2.45) is 0 Å². The summed E-state index contributed by atoms with van der Waals surface area (Å²) in [5.74, 6) is 2.13. The van der Waals surface area contributed by atoms with Gasteiger partial charge in [-0.05, 0) is 35.8 Å². The normalized spacial score (nSPS) is 25.7. The maximum absolute atomic E-state index is 13.0. The molecule has 0 spiro atoms. The summed E-state index contributed by atoms with van der Waals surface area (Å²) in [6.45, 7) is 6.17. The van der Waals surface area contributed by atoms with Crippen molar-refractivity contribution in [3.05, 3.63) is 35.6 Å². The first-order valence-corrected chi connectivity index (χ1v) is 10.2. The number of carbonyl (C=O) groups is 1. The fraction of sp³-hybridized carbons (Fsp3) is 0.632. The van der Waals surface area contributed by atoms with E-state index < -0.39 is 0 Å². The van der Waals surface area contributed by atoms with Gasteiger partial charge in [0, 0.05) is 37.3 Å². The molecule has 0 saturated carbocycles. The Morgan fingerprint density at radius 2 is 2.08 bits per heavy atom. The summed E-state index contributed by atoms with van der Waals surface area (Å²) in [6, 6.07) is 6.42. The molecule has 2 aliphatic heterocycles. The molecule has 2 aliphatic rings. The Kier molecular flexibility index (Phi) is 6.36.